The standard InChI is InChI=1S/C13H19ClF3N3/c1-12(2,3)19-6-9-5-11(18-7-10(9)14)20(4)8-13(15,16)17/h5,7,19H,6,8H2,1-4H3. The van der Waals surface area contributed by atoms with Crippen LogP contribution < -0.4 is 10.2 Å². The molecule has 1 heterocycles. The highest BCUT2D eigenvalue weighted by atomic mass is 35.5. The van der Waals surface area contributed by atoms with Gasteiger partial charge in [-0.1, -0.05) is 11.6 Å². The van der Waals surface area contributed by atoms with E-state index in [1.165, 1.54) is 13.2 Å². The van der Waals surface area contributed by atoms with Crippen LogP contribution in [-0.2, 0) is 6.54 Å². The van der Waals surface area contributed by atoms with E-state index >= 15 is 0 Å². The summed E-state index contributed by atoms with van der Waals surface area (Å²) in [7, 11) is 1.35. The number of anilines is 1. The van der Waals surface area contributed by atoms with Crippen molar-refractivity contribution in [3.8, 4) is 0 Å². The van der Waals surface area contributed by atoms with Gasteiger partial charge in [0, 0.05) is 25.3 Å². The fraction of sp³-hybridized carbons (Fsp3) is 0.615. The van der Waals surface area contributed by atoms with E-state index in [1.54, 1.807) is 6.07 Å². The molecule has 0 unspecified atom stereocenters. The molecule has 0 saturated heterocycles. The summed E-state index contributed by atoms with van der Waals surface area (Å²) in [6, 6.07) is 1.58. The Balaban J connectivity index is 2.85. The predicted octanol–water partition coefficient (Wildman–Crippen LogP) is 3.62. The summed E-state index contributed by atoms with van der Waals surface area (Å²) in [6.45, 7) is 5.42. The van der Waals surface area contributed by atoms with Gasteiger partial charge in [-0.15, -0.1) is 0 Å². The van der Waals surface area contributed by atoms with E-state index < -0.39 is 12.7 Å². The number of hydrogen-bond donors (Lipinski definition) is 1. The molecule has 0 radical (unpaired) electrons. The van der Waals surface area contributed by atoms with Crippen LogP contribution in [-0.4, -0.2) is 30.3 Å². The van der Waals surface area contributed by atoms with Crippen molar-refractivity contribution in [1.29, 1.82) is 0 Å². The topological polar surface area (TPSA) is 28.2 Å². The van der Waals surface area contributed by atoms with Gasteiger partial charge in [-0.05, 0) is 32.4 Å². The normalized spacial score (nSPS) is 12.6. The highest BCUT2D eigenvalue weighted by Crippen LogP contribution is 2.23. The lowest BCUT2D eigenvalue weighted by Crippen LogP contribution is -2.35. The Bertz CT molecular complexity index is 455. The van der Waals surface area contributed by atoms with Crippen molar-refractivity contribution in [2.75, 3.05) is 18.5 Å². The van der Waals surface area contributed by atoms with Crippen molar-refractivity contribution < 1.29 is 13.2 Å². The summed E-state index contributed by atoms with van der Waals surface area (Å²) in [5.74, 6) is 0.248. The third kappa shape index (κ3) is 5.96. The Morgan fingerprint density at radius 2 is 1.90 bits per heavy atom. The summed E-state index contributed by atoms with van der Waals surface area (Å²) in [5.41, 5.74) is 0.616. The maximum absolute atomic E-state index is 12.4. The molecule has 0 spiro atoms. The second-order valence-corrected chi connectivity index (χ2v) is 6.12. The Morgan fingerprint density at radius 1 is 1.30 bits per heavy atom. The summed E-state index contributed by atoms with van der Waals surface area (Å²) >= 11 is 6.02. The van der Waals surface area contributed by atoms with E-state index in [-0.39, 0.29) is 11.4 Å². The van der Waals surface area contributed by atoms with Crippen LogP contribution in [0.4, 0.5) is 19.0 Å². The van der Waals surface area contributed by atoms with Gasteiger partial charge in [-0.2, -0.15) is 13.2 Å². The third-order valence-electron chi connectivity index (χ3n) is 2.54. The van der Waals surface area contributed by atoms with Crippen molar-refractivity contribution in [2.45, 2.75) is 39.0 Å². The summed E-state index contributed by atoms with van der Waals surface area (Å²) in [5, 5.41) is 3.68. The number of alkyl halides is 3. The Labute approximate surface area is 122 Å². The Hall–Kier alpha value is -1.01. The first-order valence-corrected chi connectivity index (χ1v) is 6.53. The van der Waals surface area contributed by atoms with Gasteiger partial charge in [0.25, 0.3) is 0 Å². The maximum Gasteiger partial charge on any atom is 0.405 e. The van der Waals surface area contributed by atoms with E-state index in [0.29, 0.717) is 11.6 Å². The van der Waals surface area contributed by atoms with Gasteiger partial charge in [0.2, 0.25) is 0 Å². The number of rotatable bonds is 4. The molecular formula is C13H19ClF3N3. The zero-order valence-electron chi connectivity index (χ0n) is 12.0. The smallest absolute Gasteiger partial charge is 0.351 e. The SMILES string of the molecule is CN(CC(F)(F)F)c1cc(CNC(C)(C)C)c(Cl)cn1. The van der Waals surface area contributed by atoms with E-state index in [0.717, 1.165) is 10.5 Å². The summed E-state index contributed by atoms with van der Waals surface area (Å²) < 4.78 is 37.1. The number of aromatic nitrogens is 1. The second-order valence-electron chi connectivity index (χ2n) is 5.71. The number of pyridine rings is 1. The van der Waals surface area contributed by atoms with Gasteiger partial charge in [-0.25, -0.2) is 4.98 Å². The highest BCUT2D eigenvalue weighted by Gasteiger charge is 2.30. The molecular weight excluding hydrogens is 291 g/mol. The lowest BCUT2D eigenvalue weighted by molar-refractivity contribution is -0.119. The van der Waals surface area contributed by atoms with Gasteiger partial charge < -0.3 is 10.2 Å². The number of nitrogens with zero attached hydrogens (tertiary/aromatic N) is 2. The summed E-state index contributed by atoms with van der Waals surface area (Å²) in [4.78, 5) is 4.99. The zero-order chi connectivity index (χ0) is 15.6. The monoisotopic (exact) mass is 309 g/mol. The van der Waals surface area contributed by atoms with Gasteiger partial charge in [-0.3, -0.25) is 0 Å². The minimum atomic E-state index is -4.26. The minimum absolute atomic E-state index is 0.107. The molecule has 0 atom stereocenters. The van der Waals surface area contributed by atoms with E-state index in [9.17, 15) is 13.2 Å². The molecule has 1 N–H and O–H groups in total. The molecule has 114 valence electrons. The average molecular weight is 310 g/mol. The molecule has 0 aromatic carbocycles. The van der Waals surface area contributed by atoms with E-state index in [1.807, 2.05) is 20.8 Å². The van der Waals surface area contributed by atoms with Crippen LogP contribution in [0.25, 0.3) is 0 Å². The maximum atomic E-state index is 12.4. The van der Waals surface area contributed by atoms with Crippen LogP contribution >= 0.6 is 11.6 Å². The fourth-order valence-electron chi connectivity index (χ4n) is 1.52. The fourth-order valence-corrected chi connectivity index (χ4v) is 1.69. The minimum Gasteiger partial charge on any atom is -0.351 e. The molecule has 0 aliphatic heterocycles. The predicted molar refractivity (Wildman–Crippen MR) is 75.2 cm³/mol. The number of hydrogen-bond acceptors (Lipinski definition) is 3. The Morgan fingerprint density at radius 3 is 2.40 bits per heavy atom. The first kappa shape index (κ1) is 17.0. The summed E-state index contributed by atoms with van der Waals surface area (Å²) in [6.07, 6.45) is -2.89. The lowest BCUT2D eigenvalue weighted by atomic mass is 10.1. The highest BCUT2D eigenvalue weighted by molar-refractivity contribution is 6.31. The molecule has 7 heteroatoms. The van der Waals surface area contributed by atoms with Crippen LogP contribution in [0, 0.1) is 0 Å². The second kappa shape index (κ2) is 6.18. The van der Waals surface area contributed by atoms with Crippen LogP contribution in [0.2, 0.25) is 5.02 Å². The number of nitrogens with one attached hydrogen (secondary N) is 1. The molecule has 0 saturated carbocycles. The van der Waals surface area contributed by atoms with Crippen LogP contribution in [0.5, 0.6) is 0 Å². The van der Waals surface area contributed by atoms with Gasteiger partial charge in [0.15, 0.2) is 0 Å². The number of halogens is 4. The molecule has 0 amide bonds. The third-order valence-corrected chi connectivity index (χ3v) is 2.88. The van der Waals surface area contributed by atoms with Gasteiger partial charge >= 0.3 is 6.18 Å². The van der Waals surface area contributed by atoms with Crippen LogP contribution in [0.3, 0.4) is 0 Å². The zero-order valence-corrected chi connectivity index (χ0v) is 12.7. The first-order chi connectivity index (χ1) is 8.98. The quantitative estimate of drug-likeness (QED) is 0.920. The van der Waals surface area contributed by atoms with Gasteiger partial charge in [0.1, 0.15) is 12.4 Å². The van der Waals surface area contributed by atoms with Crippen molar-refractivity contribution in [2.24, 2.45) is 0 Å². The molecule has 3 nitrogen and oxygen atoms in total. The lowest BCUT2D eigenvalue weighted by Gasteiger charge is -2.23. The largest absolute Gasteiger partial charge is 0.405 e. The van der Waals surface area contributed by atoms with Crippen LogP contribution in [0.1, 0.15) is 26.3 Å². The van der Waals surface area contributed by atoms with Crippen molar-refractivity contribution in [3.05, 3.63) is 22.8 Å². The molecule has 0 aliphatic carbocycles. The molecule has 1 rings (SSSR count). The van der Waals surface area contributed by atoms with Crippen molar-refractivity contribution in [1.82, 2.24) is 10.3 Å². The molecule has 1 aromatic heterocycles. The van der Waals surface area contributed by atoms with Crippen molar-refractivity contribution >= 4 is 17.4 Å². The van der Waals surface area contributed by atoms with E-state index in [4.69, 9.17) is 11.6 Å². The molecule has 0 bridgehead atoms. The van der Waals surface area contributed by atoms with Crippen molar-refractivity contribution in [3.63, 3.8) is 0 Å². The average Bonchev–Trinajstić information content (AvgIpc) is 2.24. The molecule has 20 heavy (non-hydrogen) atoms. The molecule has 0 fully saturated rings. The molecule has 1 aromatic rings. The van der Waals surface area contributed by atoms with Crippen LogP contribution in [0.15, 0.2) is 12.3 Å². The van der Waals surface area contributed by atoms with Gasteiger partial charge in [0.05, 0.1) is 5.02 Å². The Kier molecular flexibility index (Phi) is 5.27. The molecule has 0 aliphatic rings. The first-order valence-electron chi connectivity index (χ1n) is 6.15. The van der Waals surface area contributed by atoms with E-state index in [2.05, 4.69) is 10.3 Å².